The van der Waals surface area contributed by atoms with Crippen LogP contribution in [0.15, 0.2) is 22.7 Å². The molecule has 1 aromatic carbocycles. The van der Waals surface area contributed by atoms with Gasteiger partial charge in [0.1, 0.15) is 5.82 Å². The van der Waals surface area contributed by atoms with E-state index in [1.54, 1.807) is 12.1 Å². The number of rotatable bonds is 4. The number of hydrogen-bond acceptors (Lipinski definition) is 3. The molecule has 0 bridgehead atoms. The van der Waals surface area contributed by atoms with Gasteiger partial charge in [0.05, 0.1) is 12.7 Å². The topological polar surface area (TPSA) is 47.3 Å². The average Bonchev–Trinajstić information content (AvgIpc) is 2.77. The van der Waals surface area contributed by atoms with Crippen LogP contribution in [-0.2, 0) is 11.2 Å². The molecule has 0 spiro atoms. The second-order valence-corrected chi connectivity index (χ2v) is 5.77. The third kappa shape index (κ3) is 3.29. The van der Waals surface area contributed by atoms with Gasteiger partial charge >= 0.3 is 0 Å². The molecule has 2 rings (SSSR count). The summed E-state index contributed by atoms with van der Waals surface area (Å²) < 4.78 is 20.1. The quantitative estimate of drug-likeness (QED) is 0.662. The first kappa shape index (κ1) is 13.9. The van der Waals surface area contributed by atoms with E-state index in [4.69, 9.17) is 10.6 Å². The summed E-state index contributed by atoms with van der Waals surface area (Å²) in [5, 5.41) is 0. The lowest BCUT2D eigenvalue weighted by Gasteiger charge is -2.22. The van der Waals surface area contributed by atoms with Crippen LogP contribution in [0.25, 0.3) is 0 Å². The number of halogens is 2. The van der Waals surface area contributed by atoms with Crippen LogP contribution in [0.1, 0.15) is 18.9 Å². The predicted molar refractivity (Wildman–Crippen MR) is 72.4 cm³/mol. The highest BCUT2D eigenvalue weighted by Crippen LogP contribution is 2.25. The molecule has 0 aliphatic carbocycles. The van der Waals surface area contributed by atoms with Crippen LogP contribution in [0.2, 0.25) is 0 Å². The molecule has 18 heavy (non-hydrogen) atoms. The highest BCUT2D eigenvalue weighted by atomic mass is 79.9. The van der Waals surface area contributed by atoms with Gasteiger partial charge in [0, 0.05) is 16.4 Å². The van der Waals surface area contributed by atoms with Crippen molar-refractivity contribution in [3.05, 3.63) is 34.1 Å². The van der Waals surface area contributed by atoms with Crippen molar-refractivity contribution in [1.82, 2.24) is 5.43 Å². The van der Waals surface area contributed by atoms with E-state index in [1.165, 1.54) is 6.07 Å². The standard InChI is InChI=1S/C13H18BrFN2O/c1-8-4-10(7-18-8)13(17-16)6-9-5-11(14)2-3-12(9)15/h2-3,5,8,10,13,17H,4,6-7,16H2,1H3. The number of nitrogens with two attached hydrogens (primary N) is 1. The fourth-order valence-corrected chi connectivity index (χ4v) is 2.84. The Balaban J connectivity index is 2.08. The van der Waals surface area contributed by atoms with Gasteiger partial charge in [-0.2, -0.15) is 0 Å². The molecule has 100 valence electrons. The molecular formula is C13H18BrFN2O. The Bertz CT molecular complexity index is 416. The number of nitrogens with one attached hydrogen (secondary N) is 1. The second kappa shape index (κ2) is 6.10. The minimum Gasteiger partial charge on any atom is -0.378 e. The Morgan fingerprint density at radius 3 is 3.00 bits per heavy atom. The summed E-state index contributed by atoms with van der Waals surface area (Å²) in [5.74, 6) is 5.74. The molecule has 1 aliphatic rings. The van der Waals surface area contributed by atoms with E-state index in [0.29, 0.717) is 24.5 Å². The van der Waals surface area contributed by atoms with Crippen LogP contribution in [0.4, 0.5) is 4.39 Å². The van der Waals surface area contributed by atoms with Crippen molar-refractivity contribution in [3.8, 4) is 0 Å². The lowest BCUT2D eigenvalue weighted by atomic mass is 9.92. The van der Waals surface area contributed by atoms with Crippen LogP contribution in [0.3, 0.4) is 0 Å². The zero-order valence-electron chi connectivity index (χ0n) is 10.3. The zero-order chi connectivity index (χ0) is 13.1. The molecule has 1 aromatic rings. The summed E-state index contributed by atoms with van der Waals surface area (Å²) in [5.41, 5.74) is 3.47. The normalized spacial score (nSPS) is 25.3. The molecule has 0 aromatic heterocycles. The van der Waals surface area contributed by atoms with Crippen molar-refractivity contribution in [2.24, 2.45) is 11.8 Å². The zero-order valence-corrected chi connectivity index (χ0v) is 11.9. The van der Waals surface area contributed by atoms with Gasteiger partial charge in [-0.1, -0.05) is 15.9 Å². The molecule has 5 heteroatoms. The molecule has 0 radical (unpaired) electrons. The molecule has 3 N–H and O–H groups in total. The van der Waals surface area contributed by atoms with Crippen molar-refractivity contribution >= 4 is 15.9 Å². The van der Waals surface area contributed by atoms with E-state index in [2.05, 4.69) is 21.4 Å². The van der Waals surface area contributed by atoms with Crippen LogP contribution in [0, 0.1) is 11.7 Å². The minimum absolute atomic E-state index is 0.0405. The summed E-state index contributed by atoms with van der Waals surface area (Å²) in [6, 6.07) is 5.02. The van der Waals surface area contributed by atoms with E-state index >= 15 is 0 Å². The van der Waals surface area contributed by atoms with E-state index in [-0.39, 0.29) is 18.0 Å². The van der Waals surface area contributed by atoms with E-state index in [1.807, 2.05) is 6.92 Å². The molecule has 3 nitrogen and oxygen atoms in total. The van der Waals surface area contributed by atoms with Crippen LogP contribution in [0.5, 0.6) is 0 Å². The van der Waals surface area contributed by atoms with Crippen molar-refractivity contribution in [2.45, 2.75) is 31.9 Å². The predicted octanol–water partition coefficient (Wildman–Crippen LogP) is 2.39. The number of benzene rings is 1. The minimum atomic E-state index is -0.189. The molecular weight excluding hydrogens is 299 g/mol. The maximum absolute atomic E-state index is 13.7. The first-order valence-corrected chi connectivity index (χ1v) is 6.91. The Morgan fingerprint density at radius 1 is 1.61 bits per heavy atom. The fraction of sp³-hybridized carbons (Fsp3) is 0.538. The van der Waals surface area contributed by atoms with Crippen LogP contribution < -0.4 is 11.3 Å². The molecule has 1 fully saturated rings. The average molecular weight is 317 g/mol. The molecule has 1 saturated heterocycles. The van der Waals surface area contributed by atoms with Gasteiger partial charge in [-0.15, -0.1) is 0 Å². The van der Waals surface area contributed by atoms with Gasteiger partial charge in [-0.25, -0.2) is 4.39 Å². The first-order chi connectivity index (χ1) is 8.60. The van der Waals surface area contributed by atoms with Gasteiger partial charge in [0.25, 0.3) is 0 Å². The van der Waals surface area contributed by atoms with E-state index in [9.17, 15) is 4.39 Å². The van der Waals surface area contributed by atoms with Crippen molar-refractivity contribution in [2.75, 3.05) is 6.61 Å². The van der Waals surface area contributed by atoms with Crippen molar-refractivity contribution < 1.29 is 9.13 Å². The lowest BCUT2D eigenvalue weighted by molar-refractivity contribution is 0.116. The number of hydrogen-bond donors (Lipinski definition) is 2. The van der Waals surface area contributed by atoms with Gasteiger partial charge in [0.15, 0.2) is 0 Å². The Labute approximate surface area is 115 Å². The smallest absolute Gasteiger partial charge is 0.126 e. The second-order valence-electron chi connectivity index (χ2n) is 4.85. The van der Waals surface area contributed by atoms with Crippen LogP contribution >= 0.6 is 15.9 Å². The Kier molecular flexibility index (Phi) is 4.72. The molecule has 3 atom stereocenters. The first-order valence-electron chi connectivity index (χ1n) is 6.11. The van der Waals surface area contributed by atoms with Crippen molar-refractivity contribution in [1.29, 1.82) is 0 Å². The third-order valence-corrected chi connectivity index (χ3v) is 3.95. The SMILES string of the molecule is CC1CC(C(Cc2cc(Br)ccc2F)NN)CO1. The Morgan fingerprint density at radius 2 is 2.39 bits per heavy atom. The highest BCUT2D eigenvalue weighted by Gasteiger charge is 2.29. The lowest BCUT2D eigenvalue weighted by Crippen LogP contribution is -2.43. The summed E-state index contributed by atoms with van der Waals surface area (Å²) in [6.07, 6.45) is 1.80. The van der Waals surface area contributed by atoms with E-state index < -0.39 is 0 Å². The fourth-order valence-electron chi connectivity index (χ4n) is 2.43. The van der Waals surface area contributed by atoms with Gasteiger partial charge in [0.2, 0.25) is 0 Å². The Hall–Kier alpha value is -0.490. The molecule has 0 amide bonds. The molecule has 3 unspecified atom stereocenters. The molecule has 0 saturated carbocycles. The summed E-state index contributed by atoms with van der Waals surface area (Å²) in [7, 11) is 0. The van der Waals surface area contributed by atoms with Gasteiger partial charge in [-0.3, -0.25) is 11.3 Å². The maximum atomic E-state index is 13.7. The summed E-state index contributed by atoms with van der Waals surface area (Å²) in [6.45, 7) is 2.74. The number of ether oxygens (including phenoxy) is 1. The monoisotopic (exact) mass is 316 g/mol. The highest BCUT2D eigenvalue weighted by molar-refractivity contribution is 9.10. The maximum Gasteiger partial charge on any atom is 0.126 e. The largest absolute Gasteiger partial charge is 0.378 e. The van der Waals surface area contributed by atoms with Gasteiger partial charge in [-0.05, 0) is 43.5 Å². The van der Waals surface area contributed by atoms with Crippen LogP contribution in [-0.4, -0.2) is 18.8 Å². The van der Waals surface area contributed by atoms with E-state index in [0.717, 1.165) is 10.9 Å². The number of hydrazine groups is 1. The summed E-state index contributed by atoms with van der Waals surface area (Å²) in [4.78, 5) is 0. The summed E-state index contributed by atoms with van der Waals surface area (Å²) >= 11 is 3.36. The molecule has 1 aliphatic heterocycles. The van der Waals surface area contributed by atoms with Crippen molar-refractivity contribution in [3.63, 3.8) is 0 Å². The third-order valence-electron chi connectivity index (χ3n) is 3.46. The molecule has 1 heterocycles. The van der Waals surface area contributed by atoms with Gasteiger partial charge < -0.3 is 4.74 Å².